The molecular weight excluding hydrogens is 302 g/mol. The quantitative estimate of drug-likeness (QED) is 0.827. The van der Waals surface area contributed by atoms with Gasteiger partial charge in [0.25, 0.3) is 0 Å². The minimum atomic E-state index is 0.416. The number of hydrogen-bond acceptors (Lipinski definition) is 3. The number of anilines is 1. The normalized spacial score (nSPS) is 23.4. The first kappa shape index (κ1) is 13.1. The van der Waals surface area contributed by atoms with Crippen LogP contribution in [0.25, 0.3) is 0 Å². The van der Waals surface area contributed by atoms with Crippen molar-refractivity contribution in [3.8, 4) is 0 Å². The van der Waals surface area contributed by atoms with Crippen molar-refractivity contribution < 1.29 is 0 Å². The Kier molecular flexibility index (Phi) is 3.93. The predicted octanol–water partition coefficient (Wildman–Crippen LogP) is 4.27. The molecule has 0 bridgehead atoms. The Balaban J connectivity index is 2.08. The summed E-state index contributed by atoms with van der Waals surface area (Å²) >= 11 is 9.37. The Morgan fingerprint density at radius 3 is 2.94 bits per heavy atom. The monoisotopic (exact) mass is 317 g/mol. The summed E-state index contributed by atoms with van der Waals surface area (Å²) < 4.78 is 0.755. The molecule has 1 fully saturated rings. The third-order valence-corrected chi connectivity index (χ3v) is 4.56. The fourth-order valence-corrected chi connectivity index (χ4v) is 2.92. The van der Waals surface area contributed by atoms with Crippen LogP contribution in [0.2, 0.25) is 5.15 Å². The highest BCUT2D eigenvalue weighted by Crippen LogP contribution is 2.37. The average Bonchev–Trinajstić information content (AvgIpc) is 2.23. The summed E-state index contributed by atoms with van der Waals surface area (Å²) in [6.45, 7) is 4.64. The molecule has 0 aliphatic heterocycles. The molecule has 2 rings (SSSR count). The number of aromatic nitrogens is 2. The molecule has 5 heteroatoms. The molecule has 1 N–H and O–H groups in total. The zero-order chi connectivity index (χ0) is 12.5. The van der Waals surface area contributed by atoms with Crippen LogP contribution in [0.3, 0.4) is 0 Å². The molecule has 0 spiro atoms. The molecule has 0 saturated heterocycles. The van der Waals surface area contributed by atoms with Crippen LogP contribution in [0.5, 0.6) is 0 Å². The van der Waals surface area contributed by atoms with Gasteiger partial charge >= 0.3 is 0 Å². The van der Waals surface area contributed by atoms with Crippen molar-refractivity contribution in [1.82, 2.24) is 9.97 Å². The van der Waals surface area contributed by atoms with Crippen LogP contribution >= 0.6 is 27.5 Å². The van der Waals surface area contributed by atoms with E-state index < -0.39 is 0 Å². The van der Waals surface area contributed by atoms with Gasteiger partial charge in [-0.05, 0) is 40.6 Å². The van der Waals surface area contributed by atoms with Gasteiger partial charge in [-0.15, -0.1) is 0 Å². The molecule has 1 saturated carbocycles. The van der Waals surface area contributed by atoms with Gasteiger partial charge in [0.1, 0.15) is 17.3 Å². The van der Waals surface area contributed by atoms with Gasteiger partial charge in [-0.25, -0.2) is 9.97 Å². The molecule has 1 aromatic heterocycles. The van der Waals surface area contributed by atoms with Crippen molar-refractivity contribution in [2.24, 2.45) is 5.41 Å². The lowest BCUT2D eigenvalue weighted by Crippen LogP contribution is -2.32. The SMILES string of the molecule is CC1(C)CCCC(Nc2ncnc(Cl)c2Br)C1. The number of hydrogen-bond donors (Lipinski definition) is 1. The predicted molar refractivity (Wildman–Crippen MR) is 74.4 cm³/mol. The fourth-order valence-electron chi connectivity index (χ4n) is 2.46. The largest absolute Gasteiger partial charge is 0.366 e. The second-order valence-corrected chi connectivity index (χ2v) is 6.58. The summed E-state index contributed by atoms with van der Waals surface area (Å²) in [7, 11) is 0. The van der Waals surface area contributed by atoms with E-state index in [2.05, 4.69) is 45.1 Å². The van der Waals surface area contributed by atoms with Gasteiger partial charge in [-0.1, -0.05) is 31.9 Å². The zero-order valence-corrected chi connectivity index (χ0v) is 12.5. The maximum Gasteiger partial charge on any atom is 0.148 e. The van der Waals surface area contributed by atoms with E-state index in [1.807, 2.05) is 0 Å². The highest BCUT2D eigenvalue weighted by Gasteiger charge is 2.28. The maximum absolute atomic E-state index is 5.95. The second-order valence-electron chi connectivity index (χ2n) is 5.43. The van der Waals surface area contributed by atoms with Gasteiger partial charge in [0.05, 0.1) is 4.47 Å². The molecule has 3 nitrogen and oxygen atoms in total. The van der Waals surface area contributed by atoms with Gasteiger partial charge in [0, 0.05) is 6.04 Å². The standard InChI is InChI=1S/C12H17BrClN3/c1-12(2)5-3-4-8(6-12)17-11-9(13)10(14)15-7-16-11/h7-8H,3-6H2,1-2H3,(H,15,16,17). The first-order valence-corrected chi connectivity index (χ1v) is 7.07. The van der Waals surface area contributed by atoms with E-state index in [0.717, 1.165) is 10.3 Å². The smallest absolute Gasteiger partial charge is 0.148 e. The molecule has 1 aromatic rings. The number of nitrogens with one attached hydrogen (secondary N) is 1. The molecule has 0 amide bonds. The summed E-state index contributed by atoms with van der Waals surface area (Å²) in [4.78, 5) is 8.16. The van der Waals surface area contributed by atoms with E-state index in [-0.39, 0.29) is 0 Å². The third kappa shape index (κ3) is 3.32. The summed E-state index contributed by atoms with van der Waals surface area (Å²) in [5, 5.41) is 3.92. The van der Waals surface area contributed by atoms with E-state index in [9.17, 15) is 0 Å². The molecule has 17 heavy (non-hydrogen) atoms. The van der Waals surface area contributed by atoms with Gasteiger partial charge in [-0.2, -0.15) is 0 Å². The van der Waals surface area contributed by atoms with Crippen LogP contribution in [-0.2, 0) is 0 Å². The Morgan fingerprint density at radius 2 is 2.24 bits per heavy atom. The molecule has 0 radical (unpaired) electrons. The Labute approximate surface area is 116 Å². The van der Waals surface area contributed by atoms with E-state index in [1.54, 1.807) is 0 Å². The molecule has 94 valence electrons. The van der Waals surface area contributed by atoms with E-state index >= 15 is 0 Å². The summed E-state index contributed by atoms with van der Waals surface area (Å²) in [5.74, 6) is 0.799. The second kappa shape index (κ2) is 5.11. The van der Waals surface area contributed by atoms with Crippen molar-refractivity contribution in [3.63, 3.8) is 0 Å². The summed E-state index contributed by atoms with van der Waals surface area (Å²) in [6, 6.07) is 0.473. The van der Waals surface area contributed by atoms with Crippen molar-refractivity contribution in [2.45, 2.75) is 45.6 Å². The lowest BCUT2D eigenvalue weighted by molar-refractivity contribution is 0.229. The topological polar surface area (TPSA) is 37.8 Å². The summed E-state index contributed by atoms with van der Waals surface area (Å²) in [6.07, 6.45) is 6.42. The van der Waals surface area contributed by atoms with Crippen LogP contribution in [0, 0.1) is 5.41 Å². The molecular formula is C12H17BrClN3. The first-order chi connectivity index (χ1) is 7.98. The number of nitrogens with zero attached hydrogens (tertiary/aromatic N) is 2. The van der Waals surface area contributed by atoms with Crippen LogP contribution in [0.4, 0.5) is 5.82 Å². The lowest BCUT2D eigenvalue weighted by atomic mass is 9.75. The highest BCUT2D eigenvalue weighted by atomic mass is 79.9. The van der Waals surface area contributed by atoms with Crippen LogP contribution < -0.4 is 5.32 Å². The maximum atomic E-state index is 5.95. The number of rotatable bonds is 2. The van der Waals surface area contributed by atoms with Crippen LogP contribution in [0.15, 0.2) is 10.8 Å². The molecule has 1 aliphatic carbocycles. The lowest BCUT2D eigenvalue weighted by Gasteiger charge is -2.35. The minimum absolute atomic E-state index is 0.416. The molecule has 0 aromatic carbocycles. The Bertz CT molecular complexity index is 409. The van der Waals surface area contributed by atoms with E-state index in [4.69, 9.17) is 11.6 Å². The molecule has 1 atom stereocenters. The minimum Gasteiger partial charge on any atom is -0.366 e. The average molecular weight is 319 g/mol. The third-order valence-electron chi connectivity index (χ3n) is 3.29. The first-order valence-electron chi connectivity index (χ1n) is 5.90. The Hall–Kier alpha value is -0.350. The van der Waals surface area contributed by atoms with Gasteiger partial charge in [0.15, 0.2) is 0 Å². The molecule has 1 heterocycles. The Morgan fingerprint density at radius 1 is 1.47 bits per heavy atom. The van der Waals surface area contributed by atoms with Gasteiger partial charge < -0.3 is 5.32 Å². The zero-order valence-electron chi connectivity index (χ0n) is 10.1. The van der Waals surface area contributed by atoms with Gasteiger partial charge in [0.2, 0.25) is 0 Å². The van der Waals surface area contributed by atoms with Crippen molar-refractivity contribution in [3.05, 3.63) is 16.0 Å². The van der Waals surface area contributed by atoms with Crippen molar-refractivity contribution in [1.29, 1.82) is 0 Å². The molecule has 1 unspecified atom stereocenters. The van der Waals surface area contributed by atoms with Crippen LogP contribution in [0.1, 0.15) is 39.5 Å². The van der Waals surface area contributed by atoms with E-state index in [0.29, 0.717) is 16.6 Å². The van der Waals surface area contributed by atoms with Crippen molar-refractivity contribution >= 4 is 33.3 Å². The van der Waals surface area contributed by atoms with Gasteiger partial charge in [-0.3, -0.25) is 0 Å². The highest BCUT2D eigenvalue weighted by molar-refractivity contribution is 9.10. The summed E-state index contributed by atoms with van der Waals surface area (Å²) in [5.41, 5.74) is 0.416. The van der Waals surface area contributed by atoms with Crippen LogP contribution in [-0.4, -0.2) is 16.0 Å². The van der Waals surface area contributed by atoms with Crippen molar-refractivity contribution in [2.75, 3.05) is 5.32 Å². The fraction of sp³-hybridized carbons (Fsp3) is 0.667. The van der Waals surface area contributed by atoms with E-state index in [1.165, 1.54) is 32.0 Å². The number of halogens is 2. The molecule has 1 aliphatic rings.